The Labute approximate surface area is 120 Å². The van der Waals surface area contributed by atoms with Crippen molar-refractivity contribution >= 4 is 0 Å². The van der Waals surface area contributed by atoms with Crippen LogP contribution in [0.4, 0.5) is 0 Å². The number of aromatic nitrogens is 1. The summed E-state index contributed by atoms with van der Waals surface area (Å²) in [6, 6.07) is 12.2. The molecule has 1 aromatic heterocycles. The number of methoxy groups -OCH3 is 1. The summed E-state index contributed by atoms with van der Waals surface area (Å²) in [5.74, 6) is 0.857. The van der Waals surface area contributed by atoms with Crippen molar-refractivity contribution in [1.82, 2.24) is 9.88 Å². The Morgan fingerprint density at radius 2 is 2.15 bits per heavy atom. The second kappa shape index (κ2) is 7.03. The monoisotopic (exact) mass is 271 g/mol. The molecular formula is C16H21N3O. The van der Waals surface area contributed by atoms with E-state index in [1.165, 1.54) is 11.1 Å². The maximum Gasteiger partial charge on any atom is 0.119 e. The Bertz CT molecular complexity index is 530. The van der Waals surface area contributed by atoms with E-state index < -0.39 is 0 Å². The van der Waals surface area contributed by atoms with Crippen molar-refractivity contribution in [3.63, 3.8) is 0 Å². The van der Waals surface area contributed by atoms with E-state index in [9.17, 15) is 0 Å². The second-order valence-electron chi connectivity index (χ2n) is 4.80. The summed E-state index contributed by atoms with van der Waals surface area (Å²) >= 11 is 0. The van der Waals surface area contributed by atoms with Crippen molar-refractivity contribution in [2.75, 3.05) is 20.7 Å². The number of likely N-dealkylation sites (N-methyl/N-ethyl adjacent to an activating group) is 1. The Hall–Kier alpha value is -1.91. The van der Waals surface area contributed by atoms with Crippen LogP contribution >= 0.6 is 0 Å². The van der Waals surface area contributed by atoms with Crippen molar-refractivity contribution in [2.45, 2.75) is 12.6 Å². The molecule has 0 radical (unpaired) electrons. The first-order valence-corrected chi connectivity index (χ1v) is 6.67. The van der Waals surface area contributed by atoms with E-state index in [1.54, 1.807) is 13.3 Å². The Morgan fingerprint density at radius 3 is 2.80 bits per heavy atom. The summed E-state index contributed by atoms with van der Waals surface area (Å²) in [5.41, 5.74) is 8.29. The molecule has 1 heterocycles. The van der Waals surface area contributed by atoms with Crippen molar-refractivity contribution < 1.29 is 4.74 Å². The van der Waals surface area contributed by atoms with Crippen molar-refractivity contribution in [1.29, 1.82) is 0 Å². The molecule has 0 bridgehead atoms. The molecule has 0 amide bonds. The van der Waals surface area contributed by atoms with Gasteiger partial charge in [0.2, 0.25) is 0 Å². The van der Waals surface area contributed by atoms with Crippen LogP contribution in [0.2, 0.25) is 0 Å². The molecule has 0 aliphatic carbocycles. The predicted octanol–water partition coefficient (Wildman–Crippen LogP) is 2.22. The zero-order valence-corrected chi connectivity index (χ0v) is 12.0. The van der Waals surface area contributed by atoms with Gasteiger partial charge >= 0.3 is 0 Å². The molecule has 2 rings (SSSR count). The van der Waals surface area contributed by atoms with Gasteiger partial charge < -0.3 is 10.5 Å². The average molecular weight is 271 g/mol. The van der Waals surface area contributed by atoms with Crippen LogP contribution in [0.25, 0.3) is 0 Å². The minimum absolute atomic E-state index is 0.158. The lowest BCUT2D eigenvalue weighted by Gasteiger charge is -2.27. The maximum absolute atomic E-state index is 5.95. The SMILES string of the molecule is COc1cccc(C(CN)N(C)Cc2cccnc2)c1. The molecule has 20 heavy (non-hydrogen) atoms. The maximum atomic E-state index is 5.95. The van der Waals surface area contributed by atoms with Gasteiger partial charge in [0.05, 0.1) is 7.11 Å². The molecule has 0 aliphatic rings. The molecule has 0 aliphatic heterocycles. The topological polar surface area (TPSA) is 51.4 Å². The second-order valence-corrected chi connectivity index (χ2v) is 4.80. The number of pyridine rings is 1. The van der Waals surface area contributed by atoms with Crippen LogP contribution < -0.4 is 10.5 Å². The van der Waals surface area contributed by atoms with Gasteiger partial charge in [0, 0.05) is 31.5 Å². The lowest BCUT2D eigenvalue weighted by atomic mass is 10.0. The van der Waals surface area contributed by atoms with Crippen LogP contribution in [0.3, 0.4) is 0 Å². The Morgan fingerprint density at radius 1 is 1.30 bits per heavy atom. The van der Waals surface area contributed by atoms with E-state index in [0.29, 0.717) is 6.54 Å². The van der Waals surface area contributed by atoms with E-state index in [0.717, 1.165) is 12.3 Å². The molecule has 1 aromatic carbocycles. The Balaban J connectivity index is 2.14. The van der Waals surface area contributed by atoms with E-state index >= 15 is 0 Å². The Kier molecular flexibility index (Phi) is 5.09. The number of benzene rings is 1. The molecule has 2 N–H and O–H groups in total. The van der Waals surface area contributed by atoms with Gasteiger partial charge in [-0.3, -0.25) is 9.88 Å². The summed E-state index contributed by atoms with van der Waals surface area (Å²) in [6.45, 7) is 1.37. The first-order chi connectivity index (χ1) is 9.74. The van der Waals surface area contributed by atoms with Crippen molar-refractivity contribution in [2.24, 2.45) is 5.73 Å². The van der Waals surface area contributed by atoms with E-state index in [1.807, 2.05) is 30.5 Å². The van der Waals surface area contributed by atoms with Crippen molar-refractivity contribution in [3.8, 4) is 5.75 Å². The molecule has 0 fully saturated rings. The molecule has 4 nitrogen and oxygen atoms in total. The van der Waals surface area contributed by atoms with Gasteiger partial charge in [-0.15, -0.1) is 0 Å². The number of hydrogen-bond acceptors (Lipinski definition) is 4. The molecule has 106 valence electrons. The predicted molar refractivity (Wildman–Crippen MR) is 80.5 cm³/mol. The standard InChI is InChI=1S/C16H21N3O/c1-19(12-13-5-4-8-18-11-13)16(10-17)14-6-3-7-15(9-14)20-2/h3-9,11,16H,10,12,17H2,1-2H3. The fourth-order valence-corrected chi connectivity index (χ4v) is 2.31. The first-order valence-electron chi connectivity index (χ1n) is 6.67. The lowest BCUT2D eigenvalue weighted by Crippen LogP contribution is -2.30. The van der Waals surface area contributed by atoms with Crippen molar-refractivity contribution in [3.05, 3.63) is 59.9 Å². The van der Waals surface area contributed by atoms with Gasteiger partial charge in [-0.1, -0.05) is 18.2 Å². The van der Waals surface area contributed by atoms with E-state index in [-0.39, 0.29) is 6.04 Å². The van der Waals surface area contributed by atoms with Gasteiger partial charge in [-0.05, 0) is 36.4 Å². The molecule has 0 saturated carbocycles. The number of nitrogens with zero attached hydrogens (tertiary/aromatic N) is 2. The minimum atomic E-state index is 0.158. The summed E-state index contributed by atoms with van der Waals surface area (Å²) in [7, 11) is 3.75. The highest BCUT2D eigenvalue weighted by molar-refractivity contribution is 5.30. The van der Waals surface area contributed by atoms with Crippen LogP contribution in [0.5, 0.6) is 5.75 Å². The van der Waals surface area contributed by atoms with Gasteiger partial charge in [-0.2, -0.15) is 0 Å². The molecule has 0 spiro atoms. The number of hydrogen-bond donors (Lipinski definition) is 1. The highest BCUT2D eigenvalue weighted by Crippen LogP contribution is 2.23. The summed E-state index contributed by atoms with van der Waals surface area (Å²) in [5, 5.41) is 0. The molecular weight excluding hydrogens is 250 g/mol. The first kappa shape index (κ1) is 14.5. The highest BCUT2D eigenvalue weighted by atomic mass is 16.5. The number of rotatable bonds is 6. The summed E-state index contributed by atoms with van der Waals surface area (Å²) in [4.78, 5) is 6.37. The third kappa shape index (κ3) is 3.56. The summed E-state index contributed by atoms with van der Waals surface area (Å²) < 4.78 is 5.28. The number of ether oxygens (including phenoxy) is 1. The van der Waals surface area contributed by atoms with Crippen LogP contribution in [-0.4, -0.2) is 30.6 Å². The number of nitrogens with two attached hydrogens (primary N) is 1. The largest absolute Gasteiger partial charge is 0.497 e. The fourth-order valence-electron chi connectivity index (χ4n) is 2.31. The lowest BCUT2D eigenvalue weighted by molar-refractivity contribution is 0.241. The zero-order valence-electron chi connectivity index (χ0n) is 12.0. The average Bonchev–Trinajstić information content (AvgIpc) is 2.49. The molecule has 0 saturated heterocycles. The van der Waals surface area contributed by atoms with Crippen LogP contribution in [0.1, 0.15) is 17.2 Å². The zero-order chi connectivity index (χ0) is 14.4. The van der Waals surface area contributed by atoms with E-state index in [2.05, 4.69) is 29.1 Å². The van der Waals surface area contributed by atoms with Gasteiger partial charge in [0.25, 0.3) is 0 Å². The molecule has 1 unspecified atom stereocenters. The highest BCUT2D eigenvalue weighted by Gasteiger charge is 2.16. The smallest absolute Gasteiger partial charge is 0.119 e. The third-order valence-corrected chi connectivity index (χ3v) is 3.39. The van der Waals surface area contributed by atoms with Crippen LogP contribution in [0.15, 0.2) is 48.8 Å². The minimum Gasteiger partial charge on any atom is -0.497 e. The van der Waals surface area contributed by atoms with Crippen LogP contribution in [0, 0.1) is 0 Å². The van der Waals surface area contributed by atoms with Gasteiger partial charge in [-0.25, -0.2) is 0 Å². The molecule has 2 aromatic rings. The third-order valence-electron chi connectivity index (χ3n) is 3.39. The van der Waals surface area contributed by atoms with E-state index in [4.69, 9.17) is 10.5 Å². The van der Waals surface area contributed by atoms with Gasteiger partial charge in [0.15, 0.2) is 0 Å². The summed E-state index contributed by atoms with van der Waals surface area (Å²) in [6.07, 6.45) is 3.67. The molecule has 1 atom stereocenters. The van der Waals surface area contributed by atoms with Crippen LogP contribution in [-0.2, 0) is 6.54 Å². The fraction of sp³-hybridized carbons (Fsp3) is 0.312. The van der Waals surface area contributed by atoms with Gasteiger partial charge in [0.1, 0.15) is 5.75 Å². The molecule has 4 heteroatoms. The quantitative estimate of drug-likeness (QED) is 0.875. The normalized spacial score (nSPS) is 12.4.